The lowest BCUT2D eigenvalue weighted by atomic mass is 10.1. The zero-order valence-corrected chi connectivity index (χ0v) is 14.4. The molecule has 0 aliphatic heterocycles. The van der Waals surface area contributed by atoms with Gasteiger partial charge in [-0.1, -0.05) is 31.5 Å². The van der Waals surface area contributed by atoms with Gasteiger partial charge in [-0.2, -0.15) is 0 Å². The van der Waals surface area contributed by atoms with Crippen LogP contribution in [-0.2, 0) is 12.8 Å². The molecule has 134 valence electrons. The van der Waals surface area contributed by atoms with E-state index in [1.54, 1.807) is 36.7 Å². The van der Waals surface area contributed by atoms with Gasteiger partial charge in [0, 0.05) is 24.4 Å². The molecule has 0 unspecified atom stereocenters. The number of aromatic nitrogens is 2. The maximum absolute atomic E-state index is 12.2. The molecule has 2 rings (SSSR count). The van der Waals surface area contributed by atoms with Crippen LogP contribution in [0.25, 0.3) is 0 Å². The highest BCUT2D eigenvalue weighted by Crippen LogP contribution is 2.07. The van der Waals surface area contributed by atoms with Crippen LogP contribution in [0, 0.1) is 0 Å². The van der Waals surface area contributed by atoms with Crippen molar-refractivity contribution < 1.29 is 15.0 Å². The molecule has 0 aliphatic rings. The summed E-state index contributed by atoms with van der Waals surface area (Å²) in [7, 11) is 0. The molecule has 0 spiro atoms. The minimum absolute atomic E-state index is 0.210. The highest BCUT2D eigenvalue weighted by atomic mass is 16.3. The molecule has 6 heteroatoms. The van der Waals surface area contributed by atoms with Crippen molar-refractivity contribution in [2.75, 3.05) is 6.61 Å². The Morgan fingerprint density at radius 3 is 2.44 bits per heavy atom. The van der Waals surface area contributed by atoms with Crippen LogP contribution >= 0.6 is 0 Å². The summed E-state index contributed by atoms with van der Waals surface area (Å²) in [5.74, 6) is -0.334. The van der Waals surface area contributed by atoms with Gasteiger partial charge >= 0.3 is 0 Å². The summed E-state index contributed by atoms with van der Waals surface area (Å²) in [5.41, 5.74) is 2.03. The van der Waals surface area contributed by atoms with E-state index < -0.39 is 12.1 Å². The normalized spacial score (nSPS) is 13.2. The third-order valence-electron chi connectivity index (χ3n) is 3.98. The SMILES string of the molecule is CCCCc1cnc(C[C@@H](O)[C@@H](CO)NC(=O)c2ccccc2)cn1. The number of unbranched alkanes of at least 4 members (excludes halogenated alkanes) is 1. The zero-order chi connectivity index (χ0) is 18.1. The summed E-state index contributed by atoms with van der Waals surface area (Å²) in [6.45, 7) is 1.76. The van der Waals surface area contributed by atoms with Crippen molar-refractivity contribution in [2.24, 2.45) is 0 Å². The van der Waals surface area contributed by atoms with E-state index in [1.165, 1.54) is 0 Å². The lowest BCUT2D eigenvalue weighted by Crippen LogP contribution is -2.46. The number of aliphatic hydroxyl groups excluding tert-OH is 2. The van der Waals surface area contributed by atoms with Crippen molar-refractivity contribution in [1.82, 2.24) is 15.3 Å². The maximum Gasteiger partial charge on any atom is 0.251 e. The van der Waals surface area contributed by atoms with Crippen molar-refractivity contribution >= 4 is 5.91 Å². The van der Waals surface area contributed by atoms with Crippen LogP contribution in [0.2, 0.25) is 0 Å². The van der Waals surface area contributed by atoms with E-state index in [9.17, 15) is 15.0 Å². The van der Waals surface area contributed by atoms with Gasteiger partial charge in [0.2, 0.25) is 0 Å². The molecule has 0 bridgehead atoms. The predicted octanol–water partition coefficient (Wildman–Crippen LogP) is 1.51. The fourth-order valence-corrected chi connectivity index (χ4v) is 2.44. The Labute approximate surface area is 148 Å². The average molecular weight is 343 g/mol. The van der Waals surface area contributed by atoms with Crippen molar-refractivity contribution in [3.8, 4) is 0 Å². The highest BCUT2D eigenvalue weighted by Gasteiger charge is 2.22. The molecular weight excluding hydrogens is 318 g/mol. The van der Waals surface area contributed by atoms with Gasteiger partial charge in [-0.05, 0) is 25.0 Å². The smallest absolute Gasteiger partial charge is 0.251 e. The molecule has 1 heterocycles. The minimum atomic E-state index is -0.951. The second-order valence-corrected chi connectivity index (χ2v) is 6.00. The highest BCUT2D eigenvalue weighted by molar-refractivity contribution is 5.94. The topological polar surface area (TPSA) is 95.3 Å². The lowest BCUT2D eigenvalue weighted by Gasteiger charge is -2.22. The number of nitrogens with one attached hydrogen (secondary N) is 1. The zero-order valence-electron chi connectivity index (χ0n) is 14.4. The predicted molar refractivity (Wildman–Crippen MR) is 95.1 cm³/mol. The first kappa shape index (κ1) is 19.0. The molecule has 6 nitrogen and oxygen atoms in total. The van der Waals surface area contributed by atoms with Gasteiger partial charge in [0.15, 0.2) is 0 Å². The van der Waals surface area contributed by atoms with Crippen molar-refractivity contribution in [3.63, 3.8) is 0 Å². The first-order valence-electron chi connectivity index (χ1n) is 8.58. The number of aliphatic hydroxyl groups is 2. The number of hydrogen-bond acceptors (Lipinski definition) is 5. The van der Waals surface area contributed by atoms with Crippen LogP contribution < -0.4 is 5.32 Å². The van der Waals surface area contributed by atoms with Crippen LogP contribution in [0.5, 0.6) is 0 Å². The Kier molecular flexibility index (Phi) is 7.50. The van der Waals surface area contributed by atoms with E-state index >= 15 is 0 Å². The third kappa shape index (κ3) is 5.92. The first-order valence-corrected chi connectivity index (χ1v) is 8.58. The molecule has 0 aliphatic carbocycles. The molecule has 3 N–H and O–H groups in total. The van der Waals surface area contributed by atoms with E-state index in [1.807, 2.05) is 6.07 Å². The summed E-state index contributed by atoms with van der Waals surface area (Å²) in [6, 6.07) is 7.92. The monoisotopic (exact) mass is 343 g/mol. The van der Waals surface area contributed by atoms with Gasteiger partial charge in [-0.25, -0.2) is 0 Å². The molecule has 1 amide bonds. The molecular formula is C19H25N3O3. The number of nitrogens with zero attached hydrogens (tertiary/aromatic N) is 2. The summed E-state index contributed by atoms with van der Waals surface area (Å²) in [4.78, 5) is 20.8. The van der Waals surface area contributed by atoms with Crippen molar-refractivity contribution in [3.05, 3.63) is 59.7 Å². The van der Waals surface area contributed by atoms with E-state index in [2.05, 4.69) is 22.2 Å². The molecule has 25 heavy (non-hydrogen) atoms. The summed E-state index contributed by atoms with van der Waals surface area (Å²) in [5, 5.41) is 22.5. The van der Waals surface area contributed by atoms with Crippen LogP contribution in [-0.4, -0.2) is 44.8 Å². The number of aryl methyl sites for hydroxylation is 1. The van der Waals surface area contributed by atoms with Crippen molar-refractivity contribution in [1.29, 1.82) is 0 Å². The van der Waals surface area contributed by atoms with Gasteiger partial charge in [-0.3, -0.25) is 14.8 Å². The third-order valence-corrected chi connectivity index (χ3v) is 3.98. The average Bonchev–Trinajstić information content (AvgIpc) is 2.66. The maximum atomic E-state index is 12.2. The number of carbonyl (C=O) groups is 1. The number of benzene rings is 1. The summed E-state index contributed by atoms with van der Waals surface area (Å²) in [6.07, 6.45) is 5.67. The first-order chi connectivity index (χ1) is 12.1. The molecule has 0 saturated heterocycles. The van der Waals surface area contributed by atoms with Gasteiger partial charge in [0.1, 0.15) is 0 Å². The Bertz CT molecular complexity index is 647. The molecule has 2 atom stereocenters. The number of hydrogen-bond donors (Lipinski definition) is 3. The van der Waals surface area contributed by atoms with Crippen LogP contribution in [0.15, 0.2) is 42.7 Å². The largest absolute Gasteiger partial charge is 0.394 e. The Morgan fingerprint density at radius 1 is 1.16 bits per heavy atom. The number of amides is 1. The van der Waals surface area contributed by atoms with E-state index in [0.29, 0.717) is 11.3 Å². The number of rotatable bonds is 9. The van der Waals surface area contributed by atoms with Gasteiger partial charge < -0.3 is 15.5 Å². The van der Waals surface area contributed by atoms with Crippen molar-refractivity contribution in [2.45, 2.75) is 44.8 Å². The second kappa shape index (κ2) is 9.86. The Hall–Kier alpha value is -2.31. The summed E-state index contributed by atoms with van der Waals surface area (Å²) < 4.78 is 0. The lowest BCUT2D eigenvalue weighted by molar-refractivity contribution is 0.0701. The fraction of sp³-hybridized carbons (Fsp3) is 0.421. The summed E-state index contributed by atoms with van der Waals surface area (Å²) >= 11 is 0. The van der Waals surface area contributed by atoms with Crippen LogP contribution in [0.3, 0.4) is 0 Å². The molecule has 0 saturated carbocycles. The van der Waals surface area contributed by atoms with Gasteiger partial charge in [0.25, 0.3) is 5.91 Å². The number of carbonyl (C=O) groups excluding carboxylic acids is 1. The van der Waals surface area contributed by atoms with Crippen LogP contribution in [0.1, 0.15) is 41.5 Å². The minimum Gasteiger partial charge on any atom is -0.394 e. The van der Waals surface area contributed by atoms with Crippen LogP contribution in [0.4, 0.5) is 0 Å². The van der Waals surface area contributed by atoms with E-state index in [4.69, 9.17) is 0 Å². The van der Waals surface area contributed by atoms with Gasteiger partial charge in [0.05, 0.1) is 30.1 Å². The standard InChI is InChI=1S/C19H25N3O3/c1-2-3-9-15-11-21-16(12-20-15)10-18(24)17(13-23)22-19(25)14-7-5-4-6-8-14/h4-8,11-12,17-18,23-24H,2-3,9-10,13H2,1H3,(H,22,25)/t17-,18-/m1/s1. The Balaban J connectivity index is 1.93. The second-order valence-electron chi connectivity index (χ2n) is 6.00. The molecule has 1 aromatic heterocycles. The molecule has 0 fully saturated rings. The molecule has 1 aromatic carbocycles. The molecule has 2 aromatic rings. The van der Waals surface area contributed by atoms with E-state index in [-0.39, 0.29) is 18.9 Å². The van der Waals surface area contributed by atoms with Gasteiger partial charge in [-0.15, -0.1) is 0 Å². The Morgan fingerprint density at radius 2 is 1.84 bits per heavy atom. The van der Waals surface area contributed by atoms with E-state index in [0.717, 1.165) is 25.0 Å². The molecule has 0 radical (unpaired) electrons. The quantitative estimate of drug-likeness (QED) is 0.641. The fourth-order valence-electron chi connectivity index (χ4n) is 2.44.